The van der Waals surface area contributed by atoms with Crippen molar-refractivity contribution in [2.75, 3.05) is 25.1 Å². The summed E-state index contributed by atoms with van der Waals surface area (Å²) in [6.07, 6.45) is 6.79. The number of methoxy groups -OCH3 is 1. The Balaban J connectivity index is 1.63. The molecule has 0 unspecified atom stereocenters. The van der Waals surface area contributed by atoms with E-state index in [0.717, 1.165) is 25.9 Å². The molecule has 0 aromatic carbocycles. The van der Waals surface area contributed by atoms with Crippen LogP contribution in [-0.2, 0) is 11.3 Å². The molecule has 3 rings (SSSR count). The van der Waals surface area contributed by atoms with Crippen LogP contribution in [0.3, 0.4) is 0 Å². The molecule has 8 heteroatoms. The Morgan fingerprint density at radius 1 is 1.38 bits per heavy atom. The standard InChI is InChI=1S/C16H19N5O3/c1-23-16-19-13(18-15(20-16)21-8-2-3-9-21)11-17-14(22)7-6-12-5-4-10-24-12/h4-7,10H,2-3,8-9,11H2,1H3,(H,17,22)/b7-6+. The van der Waals surface area contributed by atoms with Gasteiger partial charge in [-0.25, -0.2) is 0 Å². The molecule has 1 aliphatic heterocycles. The first kappa shape index (κ1) is 16.0. The molecule has 0 bridgehead atoms. The highest BCUT2D eigenvalue weighted by atomic mass is 16.5. The van der Waals surface area contributed by atoms with Crippen LogP contribution in [0.4, 0.5) is 5.95 Å². The van der Waals surface area contributed by atoms with Crippen LogP contribution in [0.5, 0.6) is 6.01 Å². The van der Waals surface area contributed by atoms with Gasteiger partial charge < -0.3 is 19.4 Å². The zero-order valence-electron chi connectivity index (χ0n) is 13.4. The largest absolute Gasteiger partial charge is 0.467 e. The zero-order chi connectivity index (χ0) is 16.8. The lowest BCUT2D eigenvalue weighted by molar-refractivity contribution is -0.116. The smallest absolute Gasteiger partial charge is 0.321 e. The number of amides is 1. The van der Waals surface area contributed by atoms with E-state index in [0.29, 0.717) is 17.5 Å². The van der Waals surface area contributed by atoms with E-state index in [1.165, 1.54) is 13.2 Å². The van der Waals surface area contributed by atoms with Crippen LogP contribution in [0.1, 0.15) is 24.4 Å². The maximum Gasteiger partial charge on any atom is 0.321 e. The highest BCUT2D eigenvalue weighted by Crippen LogP contribution is 2.17. The van der Waals surface area contributed by atoms with Gasteiger partial charge in [-0.05, 0) is 31.1 Å². The van der Waals surface area contributed by atoms with E-state index < -0.39 is 0 Å². The predicted octanol–water partition coefficient (Wildman–Crippen LogP) is 1.40. The molecule has 1 N–H and O–H groups in total. The van der Waals surface area contributed by atoms with Gasteiger partial charge in [0.15, 0.2) is 5.82 Å². The molecule has 0 aliphatic carbocycles. The third kappa shape index (κ3) is 4.09. The second kappa shape index (κ2) is 7.58. The maximum absolute atomic E-state index is 11.9. The molecule has 0 saturated carbocycles. The van der Waals surface area contributed by atoms with Crippen molar-refractivity contribution in [3.05, 3.63) is 36.1 Å². The van der Waals surface area contributed by atoms with Gasteiger partial charge in [-0.15, -0.1) is 0 Å². The van der Waals surface area contributed by atoms with E-state index in [2.05, 4.69) is 25.2 Å². The van der Waals surface area contributed by atoms with Gasteiger partial charge in [0.1, 0.15) is 5.76 Å². The van der Waals surface area contributed by atoms with E-state index in [4.69, 9.17) is 9.15 Å². The summed E-state index contributed by atoms with van der Waals surface area (Å²) in [6, 6.07) is 3.78. The summed E-state index contributed by atoms with van der Waals surface area (Å²) in [7, 11) is 1.51. The second-order valence-electron chi connectivity index (χ2n) is 5.30. The molecule has 1 fully saturated rings. The number of ether oxygens (including phenoxy) is 1. The van der Waals surface area contributed by atoms with Gasteiger partial charge in [0, 0.05) is 19.2 Å². The SMILES string of the molecule is COc1nc(CNC(=O)/C=C/c2ccco2)nc(N2CCCC2)n1. The average molecular weight is 329 g/mol. The summed E-state index contributed by atoms with van der Waals surface area (Å²) < 4.78 is 10.3. The molecule has 1 saturated heterocycles. The average Bonchev–Trinajstić information content (AvgIpc) is 3.31. The molecule has 2 aromatic heterocycles. The number of carbonyl (C=O) groups excluding carboxylic acids is 1. The molecule has 2 aromatic rings. The Morgan fingerprint density at radius 3 is 2.92 bits per heavy atom. The van der Waals surface area contributed by atoms with Crippen LogP contribution in [-0.4, -0.2) is 41.1 Å². The quantitative estimate of drug-likeness (QED) is 0.801. The summed E-state index contributed by atoms with van der Waals surface area (Å²) in [4.78, 5) is 26.8. The molecule has 3 heterocycles. The van der Waals surface area contributed by atoms with Crippen molar-refractivity contribution < 1.29 is 13.9 Å². The number of furan rings is 1. The minimum atomic E-state index is -0.256. The number of rotatable bonds is 6. The fraction of sp³-hybridized carbons (Fsp3) is 0.375. The van der Waals surface area contributed by atoms with Crippen molar-refractivity contribution in [2.45, 2.75) is 19.4 Å². The summed E-state index contributed by atoms with van der Waals surface area (Å²) in [5.41, 5.74) is 0. The van der Waals surface area contributed by atoms with E-state index in [1.807, 2.05) is 0 Å². The first-order chi connectivity index (χ1) is 11.7. The molecule has 24 heavy (non-hydrogen) atoms. The Morgan fingerprint density at radius 2 is 2.21 bits per heavy atom. The summed E-state index contributed by atoms with van der Waals surface area (Å²) >= 11 is 0. The van der Waals surface area contributed by atoms with E-state index >= 15 is 0 Å². The molecule has 0 atom stereocenters. The van der Waals surface area contributed by atoms with Gasteiger partial charge in [0.05, 0.1) is 19.9 Å². The van der Waals surface area contributed by atoms with Gasteiger partial charge >= 0.3 is 6.01 Å². The van der Waals surface area contributed by atoms with E-state index in [1.54, 1.807) is 24.5 Å². The molecule has 1 amide bonds. The predicted molar refractivity (Wildman–Crippen MR) is 87.4 cm³/mol. The summed E-state index contributed by atoms with van der Waals surface area (Å²) in [5.74, 6) is 1.41. The number of nitrogens with one attached hydrogen (secondary N) is 1. The Kier molecular flexibility index (Phi) is 5.05. The zero-order valence-corrected chi connectivity index (χ0v) is 13.4. The topological polar surface area (TPSA) is 93.4 Å². The van der Waals surface area contributed by atoms with Gasteiger partial charge in [-0.2, -0.15) is 15.0 Å². The van der Waals surface area contributed by atoms with E-state index in [-0.39, 0.29) is 18.5 Å². The number of carbonyl (C=O) groups is 1. The highest BCUT2D eigenvalue weighted by molar-refractivity contribution is 5.91. The molecular weight excluding hydrogens is 310 g/mol. The number of nitrogens with zero attached hydrogens (tertiary/aromatic N) is 4. The minimum absolute atomic E-state index is 0.195. The van der Waals surface area contributed by atoms with Gasteiger partial charge in [-0.1, -0.05) is 0 Å². The lowest BCUT2D eigenvalue weighted by Crippen LogP contribution is -2.25. The first-order valence-electron chi connectivity index (χ1n) is 7.78. The first-order valence-corrected chi connectivity index (χ1v) is 7.78. The fourth-order valence-corrected chi connectivity index (χ4v) is 2.38. The van der Waals surface area contributed by atoms with Crippen LogP contribution >= 0.6 is 0 Å². The van der Waals surface area contributed by atoms with Crippen molar-refractivity contribution >= 4 is 17.9 Å². The van der Waals surface area contributed by atoms with Gasteiger partial charge in [0.2, 0.25) is 11.9 Å². The van der Waals surface area contributed by atoms with Crippen LogP contribution in [0.15, 0.2) is 28.9 Å². The fourth-order valence-electron chi connectivity index (χ4n) is 2.38. The van der Waals surface area contributed by atoms with Crippen LogP contribution in [0.25, 0.3) is 6.08 Å². The van der Waals surface area contributed by atoms with Gasteiger partial charge in [0.25, 0.3) is 0 Å². The number of anilines is 1. The van der Waals surface area contributed by atoms with Crippen molar-refractivity contribution in [3.63, 3.8) is 0 Å². The lowest BCUT2D eigenvalue weighted by atomic mass is 10.4. The second-order valence-corrected chi connectivity index (χ2v) is 5.30. The van der Waals surface area contributed by atoms with Crippen molar-refractivity contribution in [2.24, 2.45) is 0 Å². The monoisotopic (exact) mass is 329 g/mol. The number of hydrogen-bond donors (Lipinski definition) is 1. The molecule has 1 aliphatic rings. The third-order valence-electron chi connectivity index (χ3n) is 3.58. The van der Waals surface area contributed by atoms with Crippen LogP contribution in [0.2, 0.25) is 0 Å². The third-order valence-corrected chi connectivity index (χ3v) is 3.58. The minimum Gasteiger partial charge on any atom is -0.467 e. The maximum atomic E-state index is 11.9. The Hall–Kier alpha value is -2.90. The van der Waals surface area contributed by atoms with Crippen molar-refractivity contribution in [1.29, 1.82) is 0 Å². The molecule has 8 nitrogen and oxygen atoms in total. The van der Waals surface area contributed by atoms with Crippen molar-refractivity contribution in [1.82, 2.24) is 20.3 Å². The summed E-state index contributed by atoms with van der Waals surface area (Å²) in [6.45, 7) is 2.04. The molecular formula is C16H19N5O3. The Labute approximate surface area is 139 Å². The van der Waals surface area contributed by atoms with E-state index in [9.17, 15) is 4.79 Å². The lowest BCUT2D eigenvalue weighted by Gasteiger charge is -2.16. The molecule has 0 spiro atoms. The number of aromatic nitrogens is 3. The van der Waals surface area contributed by atoms with Crippen LogP contribution < -0.4 is 15.0 Å². The number of hydrogen-bond acceptors (Lipinski definition) is 7. The van der Waals surface area contributed by atoms with Gasteiger partial charge in [-0.3, -0.25) is 4.79 Å². The molecule has 0 radical (unpaired) electrons. The Bertz CT molecular complexity index is 709. The van der Waals surface area contributed by atoms with Crippen molar-refractivity contribution in [3.8, 4) is 6.01 Å². The molecule has 126 valence electrons. The highest BCUT2D eigenvalue weighted by Gasteiger charge is 2.17. The summed E-state index contributed by atoms with van der Waals surface area (Å²) in [5, 5.41) is 2.74. The van der Waals surface area contributed by atoms with Crippen LogP contribution in [0, 0.1) is 0 Å². The normalized spacial score (nSPS) is 14.3.